The van der Waals surface area contributed by atoms with Gasteiger partial charge in [-0.25, -0.2) is 4.98 Å². The van der Waals surface area contributed by atoms with E-state index in [1.54, 1.807) is 6.07 Å². The second-order valence-corrected chi connectivity index (χ2v) is 5.82. The number of carbonyl (C=O) groups is 1. The molecule has 0 spiro atoms. The van der Waals surface area contributed by atoms with E-state index in [-0.39, 0.29) is 5.92 Å². The van der Waals surface area contributed by atoms with Crippen LogP contribution in [0.3, 0.4) is 0 Å². The van der Waals surface area contributed by atoms with Crippen molar-refractivity contribution in [3.8, 4) is 0 Å². The summed E-state index contributed by atoms with van der Waals surface area (Å²) in [5.41, 5.74) is 7.07. The molecule has 6 heteroatoms. The molecule has 0 aliphatic rings. The van der Waals surface area contributed by atoms with Gasteiger partial charge in [0.2, 0.25) is 5.91 Å². The smallest absolute Gasteiger partial charge is 0.240 e. The number of fused-ring (bicyclic) bond motifs is 1. The molecule has 2 aromatic rings. The van der Waals surface area contributed by atoms with Crippen molar-refractivity contribution in [1.29, 1.82) is 0 Å². The van der Waals surface area contributed by atoms with Gasteiger partial charge in [-0.2, -0.15) is 0 Å². The van der Waals surface area contributed by atoms with Crippen molar-refractivity contribution in [2.45, 2.75) is 26.3 Å². The zero-order valence-electron chi connectivity index (χ0n) is 11.4. The molecule has 4 nitrogen and oxygen atoms in total. The fourth-order valence-corrected chi connectivity index (χ4v) is 2.90. The summed E-state index contributed by atoms with van der Waals surface area (Å²) in [6.07, 6.45) is 0.559. The van der Waals surface area contributed by atoms with Gasteiger partial charge in [-0.3, -0.25) is 4.79 Å². The lowest BCUT2D eigenvalue weighted by atomic mass is 10.0. The van der Waals surface area contributed by atoms with Crippen molar-refractivity contribution < 1.29 is 4.79 Å². The van der Waals surface area contributed by atoms with Crippen molar-refractivity contribution >= 4 is 40.1 Å². The summed E-state index contributed by atoms with van der Waals surface area (Å²) in [5.74, 6) is 0.802. The first kappa shape index (κ1) is 15.1. The highest BCUT2D eigenvalue weighted by molar-refractivity contribution is 6.35. The lowest BCUT2D eigenvalue weighted by Crippen LogP contribution is -2.31. The molecule has 2 N–H and O–H groups in total. The van der Waals surface area contributed by atoms with Crippen LogP contribution in [0.5, 0.6) is 0 Å². The summed E-state index contributed by atoms with van der Waals surface area (Å²) in [4.78, 5) is 16.4. The lowest BCUT2D eigenvalue weighted by Gasteiger charge is -2.22. The third kappa shape index (κ3) is 2.63. The maximum Gasteiger partial charge on any atom is 0.240 e. The van der Waals surface area contributed by atoms with Crippen LogP contribution in [0.1, 0.15) is 25.7 Å². The Morgan fingerprint density at radius 3 is 2.70 bits per heavy atom. The van der Waals surface area contributed by atoms with E-state index in [1.165, 1.54) is 0 Å². The molecule has 0 aliphatic carbocycles. The molecule has 1 amide bonds. The monoisotopic (exact) mass is 313 g/mol. The van der Waals surface area contributed by atoms with E-state index in [9.17, 15) is 4.79 Å². The average molecular weight is 314 g/mol. The maximum atomic E-state index is 11.8. The van der Waals surface area contributed by atoms with Crippen LogP contribution < -0.4 is 5.73 Å². The molecular weight excluding hydrogens is 297 g/mol. The number of hydrogen-bond acceptors (Lipinski definition) is 2. The van der Waals surface area contributed by atoms with E-state index < -0.39 is 11.9 Å². The molecule has 0 aliphatic heterocycles. The van der Waals surface area contributed by atoms with Crippen molar-refractivity contribution in [1.82, 2.24) is 9.55 Å². The van der Waals surface area contributed by atoms with E-state index in [1.807, 2.05) is 30.5 Å². The molecule has 0 bridgehead atoms. The fourth-order valence-electron chi connectivity index (χ4n) is 2.47. The molecular formula is C14H17Cl2N3O. The number of hydrogen-bond donors (Lipinski definition) is 1. The van der Waals surface area contributed by atoms with Crippen LogP contribution in [-0.2, 0) is 11.2 Å². The highest BCUT2D eigenvalue weighted by Crippen LogP contribution is 2.31. The van der Waals surface area contributed by atoms with E-state index in [0.717, 1.165) is 16.9 Å². The number of nitrogens with two attached hydrogens (primary N) is 1. The predicted octanol–water partition coefficient (Wildman–Crippen LogP) is 3.15. The Balaban J connectivity index is 2.76. The topological polar surface area (TPSA) is 60.9 Å². The van der Waals surface area contributed by atoms with Crippen molar-refractivity contribution in [2.75, 3.05) is 5.88 Å². The number of aryl methyl sites for hydroxylation is 1. The fraction of sp³-hybridized carbons (Fsp3) is 0.429. The SMILES string of the molecule is CC(C)C(C(N)=O)n1c(CCCl)nc2cccc(Cl)c21. The molecule has 108 valence electrons. The number of aromatic nitrogens is 2. The zero-order chi connectivity index (χ0) is 14.9. The second kappa shape index (κ2) is 6.02. The van der Waals surface area contributed by atoms with Gasteiger partial charge >= 0.3 is 0 Å². The average Bonchev–Trinajstić information content (AvgIpc) is 2.69. The molecule has 1 aromatic heterocycles. The number of para-hydroxylation sites is 1. The standard InChI is InChI=1S/C14H17Cl2N3O/c1-8(2)12(14(17)20)19-11(6-7-15)18-10-5-3-4-9(16)13(10)19/h3-5,8,12H,6-7H2,1-2H3,(H2,17,20). The normalized spacial score (nSPS) is 13.1. The number of alkyl halides is 1. The Morgan fingerprint density at radius 1 is 1.45 bits per heavy atom. The minimum absolute atomic E-state index is 0.0373. The Labute approximate surface area is 127 Å². The summed E-state index contributed by atoms with van der Waals surface area (Å²) in [6, 6.07) is 5.00. The largest absolute Gasteiger partial charge is 0.368 e. The summed E-state index contributed by atoms with van der Waals surface area (Å²) in [7, 11) is 0. The number of carbonyl (C=O) groups excluding carboxylic acids is 1. The lowest BCUT2D eigenvalue weighted by molar-refractivity contribution is -0.122. The van der Waals surface area contributed by atoms with E-state index in [2.05, 4.69) is 4.98 Å². The van der Waals surface area contributed by atoms with Crippen LogP contribution in [0.4, 0.5) is 0 Å². The zero-order valence-corrected chi connectivity index (χ0v) is 12.9. The molecule has 1 atom stereocenters. The van der Waals surface area contributed by atoms with Gasteiger partial charge in [-0.05, 0) is 18.1 Å². The Hall–Kier alpha value is -1.26. The molecule has 0 radical (unpaired) electrons. The molecule has 0 fully saturated rings. The van der Waals surface area contributed by atoms with Crippen LogP contribution in [-0.4, -0.2) is 21.3 Å². The maximum absolute atomic E-state index is 11.8. The first-order valence-electron chi connectivity index (χ1n) is 6.48. The number of amides is 1. The number of rotatable bonds is 5. The van der Waals surface area contributed by atoms with Gasteiger partial charge in [0, 0.05) is 12.3 Å². The van der Waals surface area contributed by atoms with Gasteiger partial charge in [-0.1, -0.05) is 31.5 Å². The van der Waals surface area contributed by atoms with Gasteiger partial charge < -0.3 is 10.3 Å². The number of halogens is 2. The Morgan fingerprint density at radius 2 is 2.15 bits per heavy atom. The van der Waals surface area contributed by atoms with Crippen LogP contribution in [0.2, 0.25) is 5.02 Å². The molecule has 20 heavy (non-hydrogen) atoms. The number of primary amides is 1. The van der Waals surface area contributed by atoms with Gasteiger partial charge in [0.25, 0.3) is 0 Å². The molecule has 2 rings (SSSR count). The summed E-state index contributed by atoms with van der Waals surface area (Å²) >= 11 is 12.1. The number of benzene rings is 1. The van der Waals surface area contributed by atoms with Gasteiger partial charge in [0.1, 0.15) is 11.9 Å². The molecule has 1 aromatic carbocycles. The highest BCUT2D eigenvalue weighted by atomic mass is 35.5. The van der Waals surface area contributed by atoms with E-state index in [0.29, 0.717) is 17.3 Å². The van der Waals surface area contributed by atoms with Crippen LogP contribution >= 0.6 is 23.2 Å². The highest BCUT2D eigenvalue weighted by Gasteiger charge is 2.27. The first-order valence-corrected chi connectivity index (χ1v) is 7.39. The van der Waals surface area contributed by atoms with Crippen molar-refractivity contribution in [3.63, 3.8) is 0 Å². The van der Waals surface area contributed by atoms with Crippen LogP contribution in [0.25, 0.3) is 11.0 Å². The quantitative estimate of drug-likeness (QED) is 0.862. The first-order chi connectivity index (χ1) is 9.47. The number of nitrogens with zero attached hydrogens (tertiary/aromatic N) is 2. The van der Waals surface area contributed by atoms with E-state index in [4.69, 9.17) is 28.9 Å². The third-order valence-electron chi connectivity index (χ3n) is 3.25. The van der Waals surface area contributed by atoms with E-state index >= 15 is 0 Å². The minimum atomic E-state index is -0.488. The summed E-state index contributed by atoms with van der Waals surface area (Å²) in [5, 5.41) is 0.558. The Bertz CT molecular complexity index is 637. The molecule has 0 saturated heterocycles. The molecule has 0 saturated carbocycles. The van der Waals surface area contributed by atoms with Crippen molar-refractivity contribution in [3.05, 3.63) is 29.0 Å². The summed E-state index contributed by atoms with van der Waals surface area (Å²) in [6.45, 7) is 3.89. The van der Waals surface area contributed by atoms with Gasteiger partial charge in [0.15, 0.2) is 0 Å². The van der Waals surface area contributed by atoms with Crippen molar-refractivity contribution in [2.24, 2.45) is 11.7 Å². The predicted molar refractivity (Wildman–Crippen MR) is 82.2 cm³/mol. The van der Waals surface area contributed by atoms with Crippen LogP contribution in [0, 0.1) is 5.92 Å². The summed E-state index contributed by atoms with van der Waals surface area (Å²) < 4.78 is 1.84. The molecule has 1 heterocycles. The van der Waals surface area contributed by atoms with Gasteiger partial charge in [0.05, 0.1) is 16.1 Å². The molecule has 1 unspecified atom stereocenters. The van der Waals surface area contributed by atoms with Crippen LogP contribution in [0.15, 0.2) is 18.2 Å². The Kier molecular flexibility index (Phi) is 4.55. The van der Waals surface area contributed by atoms with Gasteiger partial charge in [-0.15, -0.1) is 11.6 Å². The second-order valence-electron chi connectivity index (χ2n) is 5.04. The number of imidazole rings is 1. The third-order valence-corrected chi connectivity index (χ3v) is 3.75. The minimum Gasteiger partial charge on any atom is -0.368 e.